The SMILES string of the molecule is CCN(CC)CCNC(=O)c1cc(Cl)c(NC(=O)C(N)Cc2ccc(O)c(O)c2)cc1OC. The summed E-state index contributed by atoms with van der Waals surface area (Å²) in [6.07, 6.45) is 0.126. The number of carbonyl (C=O) groups excluding carboxylic acids is 2. The van der Waals surface area contributed by atoms with Crippen LogP contribution in [0.15, 0.2) is 30.3 Å². The Morgan fingerprint density at radius 2 is 1.85 bits per heavy atom. The highest BCUT2D eigenvalue weighted by molar-refractivity contribution is 6.34. The lowest BCUT2D eigenvalue weighted by Crippen LogP contribution is -2.37. The lowest BCUT2D eigenvalue weighted by Gasteiger charge is -2.19. The minimum absolute atomic E-state index is 0.126. The van der Waals surface area contributed by atoms with Gasteiger partial charge in [0.25, 0.3) is 5.91 Å². The van der Waals surface area contributed by atoms with E-state index in [4.69, 9.17) is 22.1 Å². The van der Waals surface area contributed by atoms with Gasteiger partial charge in [-0.05, 0) is 43.3 Å². The topological polar surface area (TPSA) is 137 Å². The molecule has 9 nitrogen and oxygen atoms in total. The number of likely N-dealkylation sites (N-methyl/N-ethyl adjacent to an activating group) is 1. The van der Waals surface area contributed by atoms with Crippen LogP contribution in [0.2, 0.25) is 5.02 Å². The van der Waals surface area contributed by atoms with Gasteiger partial charge in [-0.1, -0.05) is 31.5 Å². The van der Waals surface area contributed by atoms with Crippen LogP contribution in [0, 0.1) is 0 Å². The first-order valence-electron chi connectivity index (χ1n) is 10.6. The number of hydrogen-bond acceptors (Lipinski definition) is 7. The summed E-state index contributed by atoms with van der Waals surface area (Å²) in [6.45, 7) is 7.10. The van der Waals surface area contributed by atoms with E-state index >= 15 is 0 Å². The van der Waals surface area contributed by atoms with Crippen LogP contribution in [0.5, 0.6) is 17.2 Å². The van der Waals surface area contributed by atoms with Crippen molar-refractivity contribution < 1.29 is 24.5 Å². The first-order chi connectivity index (χ1) is 15.7. The number of nitrogens with zero attached hydrogens (tertiary/aromatic N) is 1. The number of benzene rings is 2. The maximum absolute atomic E-state index is 12.6. The molecule has 10 heteroatoms. The van der Waals surface area contributed by atoms with Crippen molar-refractivity contribution in [2.75, 3.05) is 38.6 Å². The number of carbonyl (C=O) groups is 2. The third kappa shape index (κ3) is 7.24. The number of nitrogens with one attached hydrogen (secondary N) is 2. The molecule has 0 spiro atoms. The first-order valence-corrected chi connectivity index (χ1v) is 11.0. The quantitative estimate of drug-likeness (QED) is 0.312. The van der Waals surface area contributed by atoms with Crippen molar-refractivity contribution in [3.05, 3.63) is 46.5 Å². The smallest absolute Gasteiger partial charge is 0.255 e. The van der Waals surface area contributed by atoms with E-state index < -0.39 is 11.9 Å². The lowest BCUT2D eigenvalue weighted by atomic mass is 10.0. The van der Waals surface area contributed by atoms with Crippen LogP contribution >= 0.6 is 11.6 Å². The van der Waals surface area contributed by atoms with Gasteiger partial charge in [0.15, 0.2) is 11.5 Å². The molecular formula is C23H31ClN4O5. The van der Waals surface area contributed by atoms with E-state index in [0.29, 0.717) is 12.1 Å². The summed E-state index contributed by atoms with van der Waals surface area (Å²) in [7, 11) is 1.42. The van der Waals surface area contributed by atoms with E-state index in [-0.39, 0.29) is 45.9 Å². The molecule has 0 fully saturated rings. The molecule has 1 unspecified atom stereocenters. The fourth-order valence-corrected chi connectivity index (χ4v) is 3.44. The Morgan fingerprint density at radius 1 is 1.15 bits per heavy atom. The van der Waals surface area contributed by atoms with Gasteiger partial charge in [0.2, 0.25) is 5.91 Å². The van der Waals surface area contributed by atoms with Crippen LogP contribution in [0.1, 0.15) is 29.8 Å². The number of nitrogens with two attached hydrogens (primary N) is 1. The summed E-state index contributed by atoms with van der Waals surface area (Å²) >= 11 is 6.32. The van der Waals surface area contributed by atoms with Crippen molar-refractivity contribution in [2.24, 2.45) is 5.73 Å². The largest absolute Gasteiger partial charge is 0.504 e. The van der Waals surface area contributed by atoms with Crippen molar-refractivity contribution in [3.8, 4) is 17.2 Å². The van der Waals surface area contributed by atoms with Gasteiger partial charge in [-0.15, -0.1) is 0 Å². The minimum Gasteiger partial charge on any atom is -0.504 e. The Morgan fingerprint density at radius 3 is 2.45 bits per heavy atom. The molecule has 1 atom stereocenters. The molecular weight excluding hydrogens is 448 g/mol. The average Bonchev–Trinajstić information content (AvgIpc) is 2.79. The summed E-state index contributed by atoms with van der Waals surface area (Å²) in [5.74, 6) is -1.13. The van der Waals surface area contributed by atoms with E-state index in [0.717, 1.165) is 19.6 Å². The van der Waals surface area contributed by atoms with Gasteiger partial charge >= 0.3 is 0 Å². The number of hydrogen-bond donors (Lipinski definition) is 5. The van der Waals surface area contributed by atoms with Gasteiger partial charge in [-0.2, -0.15) is 0 Å². The number of anilines is 1. The summed E-state index contributed by atoms with van der Waals surface area (Å²) < 4.78 is 5.33. The lowest BCUT2D eigenvalue weighted by molar-refractivity contribution is -0.117. The van der Waals surface area contributed by atoms with Crippen LogP contribution in [-0.4, -0.2) is 66.3 Å². The number of halogens is 1. The Hall–Kier alpha value is -3.01. The summed E-state index contributed by atoms with van der Waals surface area (Å²) in [4.78, 5) is 27.4. The molecule has 2 rings (SSSR count). The van der Waals surface area contributed by atoms with Crippen LogP contribution in [0.25, 0.3) is 0 Å². The molecule has 0 saturated carbocycles. The number of phenolic OH excluding ortho intramolecular Hbond substituents is 2. The van der Waals surface area contributed by atoms with Crippen molar-refractivity contribution in [1.29, 1.82) is 0 Å². The summed E-state index contributed by atoms with van der Waals surface area (Å²) in [5.41, 5.74) is 7.07. The van der Waals surface area contributed by atoms with E-state index in [2.05, 4.69) is 29.4 Å². The highest BCUT2D eigenvalue weighted by Crippen LogP contribution is 2.31. The van der Waals surface area contributed by atoms with E-state index in [1.807, 2.05) is 0 Å². The van der Waals surface area contributed by atoms with Crippen molar-refractivity contribution >= 4 is 29.1 Å². The van der Waals surface area contributed by atoms with Crippen LogP contribution in [-0.2, 0) is 11.2 Å². The molecule has 0 heterocycles. The number of aromatic hydroxyl groups is 2. The van der Waals surface area contributed by atoms with Crippen molar-refractivity contribution in [2.45, 2.75) is 26.3 Å². The first kappa shape index (κ1) is 26.2. The highest BCUT2D eigenvalue weighted by Gasteiger charge is 2.20. The number of methoxy groups -OCH3 is 1. The molecule has 180 valence electrons. The van der Waals surface area contributed by atoms with Gasteiger partial charge in [-0.25, -0.2) is 0 Å². The molecule has 2 amide bonds. The molecule has 0 aromatic heterocycles. The van der Waals surface area contributed by atoms with Crippen LogP contribution < -0.4 is 21.1 Å². The third-order valence-corrected chi connectivity index (χ3v) is 5.54. The number of ether oxygens (including phenoxy) is 1. The van der Waals surface area contributed by atoms with Crippen LogP contribution in [0.3, 0.4) is 0 Å². The fourth-order valence-electron chi connectivity index (χ4n) is 3.23. The van der Waals surface area contributed by atoms with Gasteiger partial charge in [0.1, 0.15) is 5.75 Å². The highest BCUT2D eigenvalue weighted by atomic mass is 35.5. The van der Waals surface area contributed by atoms with Crippen LogP contribution in [0.4, 0.5) is 5.69 Å². The number of amides is 2. The zero-order valence-electron chi connectivity index (χ0n) is 19.0. The van der Waals surface area contributed by atoms with E-state index in [9.17, 15) is 19.8 Å². The Kier molecular flexibility index (Phi) is 9.77. The fraction of sp³-hybridized carbons (Fsp3) is 0.391. The van der Waals surface area contributed by atoms with E-state index in [1.54, 1.807) is 6.07 Å². The zero-order valence-corrected chi connectivity index (χ0v) is 19.8. The van der Waals surface area contributed by atoms with Gasteiger partial charge in [0.05, 0.1) is 29.4 Å². The van der Waals surface area contributed by atoms with Crippen molar-refractivity contribution in [3.63, 3.8) is 0 Å². The molecule has 0 aliphatic heterocycles. The maximum Gasteiger partial charge on any atom is 0.255 e. The molecule has 0 aliphatic rings. The number of rotatable bonds is 11. The molecule has 33 heavy (non-hydrogen) atoms. The zero-order chi connectivity index (χ0) is 24.5. The third-order valence-electron chi connectivity index (χ3n) is 5.23. The molecule has 0 bridgehead atoms. The van der Waals surface area contributed by atoms with Gasteiger partial charge < -0.3 is 36.2 Å². The second-order valence-corrected chi connectivity index (χ2v) is 7.85. The Labute approximate surface area is 198 Å². The second kappa shape index (κ2) is 12.3. The van der Waals surface area contributed by atoms with E-state index in [1.165, 1.54) is 31.4 Å². The van der Waals surface area contributed by atoms with Gasteiger partial charge in [0, 0.05) is 19.2 Å². The average molecular weight is 479 g/mol. The van der Waals surface area contributed by atoms with Gasteiger partial charge in [-0.3, -0.25) is 9.59 Å². The molecule has 6 N–H and O–H groups in total. The molecule has 2 aromatic rings. The second-order valence-electron chi connectivity index (χ2n) is 7.44. The maximum atomic E-state index is 12.6. The predicted molar refractivity (Wildman–Crippen MR) is 128 cm³/mol. The Balaban J connectivity index is 2.07. The Bertz CT molecular complexity index is 982. The molecule has 0 radical (unpaired) electrons. The molecule has 2 aromatic carbocycles. The molecule has 0 saturated heterocycles. The summed E-state index contributed by atoms with van der Waals surface area (Å²) in [6, 6.07) is 6.19. The predicted octanol–water partition coefficient (Wildman–Crippen LogP) is 2.34. The van der Waals surface area contributed by atoms with Crippen molar-refractivity contribution in [1.82, 2.24) is 10.2 Å². The molecule has 0 aliphatic carbocycles. The summed E-state index contributed by atoms with van der Waals surface area (Å²) in [5, 5.41) is 24.7. The monoisotopic (exact) mass is 478 g/mol. The minimum atomic E-state index is -0.945. The normalized spacial score (nSPS) is 11.8. The number of phenols is 2. The standard InChI is InChI=1S/C23H31ClN4O5/c1-4-28(5-2)9-8-26-22(31)15-12-16(24)18(13-21(15)33-3)27-23(32)17(25)10-14-6-7-19(29)20(30)11-14/h6-7,11-13,17,29-30H,4-5,8-10,25H2,1-3H3,(H,26,31)(H,27,32).